The fourth-order valence-electron chi connectivity index (χ4n) is 2.63. The van der Waals surface area contributed by atoms with Crippen molar-refractivity contribution in [3.05, 3.63) is 101 Å². The van der Waals surface area contributed by atoms with E-state index in [1.807, 2.05) is 67.6 Å². The van der Waals surface area contributed by atoms with Gasteiger partial charge in [-0.3, -0.25) is 0 Å². The normalized spacial score (nSPS) is 10.3. The molecule has 0 aromatic heterocycles. The minimum atomic E-state index is -0.445. The monoisotopic (exact) mass is 329 g/mol. The van der Waals surface area contributed by atoms with Gasteiger partial charge >= 0.3 is 5.97 Å². The van der Waals surface area contributed by atoms with Crippen molar-refractivity contribution in [2.45, 2.75) is 13.3 Å². The lowest BCUT2D eigenvalue weighted by atomic mass is 9.96. The van der Waals surface area contributed by atoms with Gasteiger partial charge in [0.15, 0.2) is 0 Å². The van der Waals surface area contributed by atoms with Gasteiger partial charge in [0.05, 0.1) is 5.56 Å². The van der Waals surface area contributed by atoms with Gasteiger partial charge in [0.2, 0.25) is 0 Å². The van der Waals surface area contributed by atoms with E-state index in [4.69, 9.17) is 10.1 Å². The molecule has 3 aromatic rings. The number of hydrogen-bond acceptors (Lipinski definition) is 3. The molecule has 0 aliphatic carbocycles. The lowest BCUT2D eigenvalue weighted by Gasteiger charge is -2.12. The van der Waals surface area contributed by atoms with Gasteiger partial charge in [-0.25, -0.2) is 4.79 Å². The Morgan fingerprint density at radius 2 is 1.52 bits per heavy atom. The van der Waals surface area contributed by atoms with E-state index >= 15 is 0 Å². The predicted molar refractivity (Wildman–Crippen MR) is 99.6 cm³/mol. The SMILES string of the molecule is Cc1ccc(C(=O)Oc2ccccc2)c(C(=N)Cc2ccccc2)c1. The highest BCUT2D eigenvalue weighted by Crippen LogP contribution is 2.18. The summed E-state index contributed by atoms with van der Waals surface area (Å²) in [7, 11) is 0. The number of hydrogen-bond donors (Lipinski definition) is 1. The van der Waals surface area contributed by atoms with Crippen LogP contribution in [-0.4, -0.2) is 11.7 Å². The van der Waals surface area contributed by atoms with Crippen molar-refractivity contribution in [1.29, 1.82) is 5.41 Å². The molecule has 3 nitrogen and oxygen atoms in total. The lowest BCUT2D eigenvalue weighted by Crippen LogP contribution is -2.16. The Hall–Kier alpha value is -3.20. The fraction of sp³-hybridized carbons (Fsp3) is 0.0909. The Bertz CT molecular complexity index is 886. The third-order valence-corrected chi connectivity index (χ3v) is 3.90. The summed E-state index contributed by atoms with van der Waals surface area (Å²) in [6.07, 6.45) is 0.468. The van der Waals surface area contributed by atoms with E-state index in [1.165, 1.54) is 0 Å². The van der Waals surface area contributed by atoms with E-state index in [2.05, 4.69) is 0 Å². The van der Waals surface area contributed by atoms with E-state index in [1.54, 1.807) is 18.2 Å². The van der Waals surface area contributed by atoms with Crippen molar-refractivity contribution in [2.75, 3.05) is 0 Å². The molecule has 3 aromatic carbocycles. The number of ether oxygens (including phenoxy) is 1. The molecule has 0 heterocycles. The van der Waals surface area contributed by atoms with Crippen LogP contribution in [0.1, 0.15) is 27.0 Å². The van der Waals surface area contributed by atoms with Crippen LogP contribution in [0.4, 0.5) is 0 Å². The van der Waals surface area contributed by atoms with Crippen LogP contribution >= 0.6 is 0 Å². The molecular formula is C22H19NO2. The summed E-state index contributed by atoms with van der Waals surface area (Å²) in [5, 5.41) is 8.47. The molecule has 0 radical (unpaired) electrons. The van der Waals surface area contributed by atoms with Crippen molar-refractivity contribution in [1.82, 2.24) is 0 Å². The van der Waals surface area contributed by atoms with Crippen LogP contribution in [0.25, 0.3) is 0 Å². The summed E-state index contributed by atoms with van der Waals surface area (Å²) in [5.74, 6) is 0.0487. The fourth-order valence-corrected chi connectivity index (χ4v) is 2.63. The minimum absolute atomic E-state index is 0.398. The Kier molecular flexibility index (Phi) is 5.05. The van der Waals surface area contributed by atoms with Gasteiger partial charge in [0, 0.05) is 17.7 Å². The van der Waals surface area contributed by atoms with Gasteiger partial charge in [-0.05, 0) is 36.8 Å². The highest BCUT2D eigenvalue weighted by Gasteiger charge is 2.17. The van der Waals surface area contributed by atoms with Gasteiger partial charge in [-0.2, -0.15) is 0 Å². The van der Waals surface area contributed by atoms with E-state index < -0.39 is 5.97 Å². The zero-order valence-electron chi connectivity index (χ0n) is 14.0. The quantitative estimate of drug-likeness (QED) is 0.414. The van der Waals surface area contributed by atoms with Gasteiger partial charge in [0.25, 0.3) is 0 Å². The molecule has 0 aliphatic heterocycles. The minimum Gasteiger partial charge on any atom is -0.423 e. The van der Waals surface area contributed by atoms with Crippen LogP contribution in [0.2, 0.25) is 0 Å². The van der Waals surface area contributed by atoms with Crippen molar-refractivity contribution in [3.63, 3.8) is 0 Å². The van der Waals surface area contributed by atoms with Crippen LogP contribution in [0, 0.1) is 12.3 Å². The number of carbonyl (C=O) groups excluding carboxylic acids is 1. The Balaban J connectivity index is 1.87. The molecule has 0 bridgehead atoms. The van der Waals surface area contributed by atoms with Crippen LogP contribution in [0.3, 0.4) is 0 Å². The van der Waals surface area contributed by atoms with Crippen LogP contribution in [0.15, 0.2) is 78.9 Å². The van der Waals surface area contributed by atoms with E-state index in [0.717, 1.165) is 11.1 Å². The first kappa shape index (κ1) is 16.7. The summed E-state index contributed by atoms with van der Waals surface area (Å²) >= 11 is 0. The van der Waals surface area contributed by atoms with Crippen LogP contribution < -0.4 is 4.74 Å². The molecule has 3 heteroatoms. The average molecular weight is 329 g/mol. The second kappa shape index (κ2) is 7.58. The van der Waals surface area contributed by atoms with Gasteiger partial charge < -0.3 is 10.1 Å². The van der Waals surface area contributed by atoms with Crippen molar-refractivity contribution in [3.8, 4) is 5.75 Å². The zero-order valence-corrected chi connectivity index (χ0v) is 14.0. The largest absolute Gasteiger partial charge is 0.423 e. The number of rotatable bonds is 5. The first-order valence-electron chi connectivity index (χ1n) is 8.13. The smallest absolute Gasteiger partial charge is 0.344 e. The third-order valence-electron chi connectivity index (χ3n) is 3.90. The standard InChI is InChI=1S/C22H19NO2/c1-16-12-13-19(22(24)25-18-10-6-3-7-11-18)20(14-16)21(23)15-17-8-4-2-5-9-17/h2-14,23H,15H2,1H3. The average Bonchev–Trinajstić information content (AvgIpc) is 2.63. The summed E-state index contributed by atoms with van der Waals surface area (Å²) in [5.41, 5.74) is 3.47. The second-order valence-corrected chi connectivity index (χ2v) is 5.89. The number of aryl methyl sites for hydroxylation is 1. The number of para-hydroxylation sites is 1. The summed E-state index contributed by atoms with van der Waals surface area (Å²) < 4.78 is 5.45. The van der Waals surface area contributed by atoms with Crippen molar-refractivity contribution in [2.24, 2.45) is 0 Å². The molecule has 0 spiro atoms. The molecule has 0 atom stereocenters. The molecule has 25 heavy (non-hydrogen) atoms. The predicted octanol–water partition coefficient (Wildman–Crippen LogP) is 4.82. The van der Waals surface area contributed by atoms with Crippen molar-refractivity contribution >= 4 is 11.7 Å². The summed E-state index contributed by atoms with van der Waals surface area (Å²) in [6.45, 7) is 1.95. The van der Waals surface area contributed by atoms with Gasteiger partial charge in [-0.15, -0.1) is 0 Å². The van der Waals surface area contributed by atoms with E-state index in [9.17, 15) is 4.79 Å². The molecule has 0 amide bonds. The maximum absolute atomic E-state index is 12.6. The topological polar surface area (TPSA) is 50.2 Å². The highest BCUT2D eigenvalue weighted by atomic mass is 16.5. The maximum atomic E-state index is 12.6. The highest BCUT2D eigenvalue weighted by molar-refractivity contribution is 6.08. The number of benzene rings is 3. The Morgan fingerprint density at radius 3 is 2.20 bits per heavy atom. The Labute approximate surface area is 147 Å². The molecule has 1 N–H and O–H groups in total. The maximum Gasteiger partial charge on any atom is 0.344 e. The molecule has 0 fully saturated rings. The lowest BCUT2D eigenvalue weighted by molar-refractivity contribution is 0.0734. The second-order valence-electron chi connectivity index (χ2n) is 5.89. The third kappa shape index (κ3) is 4.21. The number of carbonyl (C=O) groups is 1. The summed E-state index contributed by atoms with van der Waals surface area (Å²) in [6, 6.07) is 24.2. The molecule has 0 saturated heterocycles. The van der Waals surface area contributed by atoms with E-state index in [-0.39, 0.29) is 0 Å². The summed E-state index contributed by atoms with van der Waals surface area (Å²) in [4.78, 5) is 12.6. The molecule has 0 aliphatic rings. The molecule has 124 valence electrons. The first-order valence-corrected chi connectivity index (χ1v) is 8.13. The molecule has 0 unspecified atom stereocenters. The first-order chi connectivity index (χ1) is 12.1. The Morgan fingerprint density at radius 1 is 0.880 bits per heavy atom. The molecular weight excluding hydrogens is 310 g/mol. The molecule has 0 saturated carbocycles. The van der Waals surface area contributed by atoms with Crippen LogP contribution in [0.5, 0.6) is 5.75 Å². The van der Waals surface area contributed by atoms with Gasteiger partial charge in [0.1, 0.15) is 5.75 Å². The van der Waals surface area contributed by atoms with E-state index in [0.29, 0.717) is 29.0 Å². The van der Waals surface area contributed by atoms with Crippen molar-refractivity contribution < 1.29 is 9.53 Å². The number of esters is 1. The van der Waals surface area contributed by atoms with Gasteiger partial charge in [-0.1, -0.05) is 60.2 Å². The zero-order chi connectivity index (χ0) is 17.6. The molecule has 3 rings (SSSR count). The van der Waals surface area contributed by atoms with Crippen LogP contribution in [-0.2, 0) is 6.42 Å². The number of nitrogens with one attached hydrogen (secondary N) is 1.